The molecule has 0 aliphatic heterocycles. The molecular weight excluding hydrogens is 380 g/mol. The van der Waals surface area contributed by atoms with Crippen molar-refractivity contribution >= 4 is 11.6 Å². The van der Waals surface area contributed by atoms with Crippen molar-refractivity contribution in [1.82, 2.24) is 0 Å². The molecule has 2 nitrogen and oxygen atoms in total. The lowest BCUT2D eigenvalue weighted by Gasteiger charge is -2.36. The molecule has 0 heterocycles. The first kappa shape index (κ1) is 23.4. The van der Waals surface area contributed by atoms with Crippen LogP contribution >= 0.6 is 0 Å². The van der Waals surface area contributed by atoms with Crippen molar-refractivity contribution < 1.29 is 9.59 Å². The van der Waals surface area contributed by atoms with E-state index in [1.807, 2.05) is 24.3 Å². The molecule has 1 saturated carbocycles. The fourth-order valence-corrected chi connectivity index (χ4v) is 4.97. The van der Waals surface area contributed by atoms with Crippen molar-refractivity contribution in [3.05, 3.63) is 59.7 Å². The minimum absolute atomic E-state index is 0.236. The maximum atomic E-state index is 13.2. The molecule has 0 spiro atoms. The highest BCUT2D eigenvalue weighted by molar-refractivity contribution is 5.96. The molecule has 0 aromatic heterocycles. The molecule has 1 aliphatic carbocycles. The van der Waals surface area contributed by atoms with Crippen LogP contribution in [-0.2, 0) is 10.2 Å². The van der Waals surface area contributed by atoms with Crippen LogP contribution in [0.5, 0.6) is 0 Å². The molecule has 2 aromatic carbocycles. The van der Waals surface area contributed by atoms with E-state index in [0.717, 1.165) is 74.5 Å². The summed E-state index contributed by atoms with van der Waals surface area (Å²) >= 11 is 0. The molecule has 31 heavy (non-hydrogen) atoms. The standard InChI is InChI=1S/C29H38O2/c1-3-5-8-11-27(30)25-15-13-23(14-16-25)24-17-19-26(20-18-24)29(21-9-7-10-22-29)28(31)12-6-4-2/h13-20H,3-12,21-22H2,1-2H3. The van der Waals surface area contributed by atoms with Gasteiger partial charge in [0.15, 0.2) is 5.78 Å². The first-order chi connectivity index (χ1) is 15.1. The minimum Gasteiger partial charge on any atom is -0.299 e. The monoisotopic (exact) mass is 418 g/mol. The van der Waals surface area contributed by atoms with E-state index in [9.17, 15) is 9.59 Å². The lowest BCUT2D eigenvalue weighted by atomic mass is 9.65. The molecular formula is C29H38O2. The van der Waals surface area contributed by atoms with Gasteiger partial charge in [0.25, 0.3) is 0 Å². The number of ketones is 2. The van der Waals surface area contributed by atoms with Crippen LogP contribution in [0.3, 0.4) is 0 Å². The van der Waals surface area contributed by atoms with Gasteiger partial charge in [-0.1, -0.05) is 101 Å². The van der Waals surface area contributed by atoms with E-state index in [2.05, 4.69) is 38.1 Å². The Labute approximate surface area is 188 Å². The number of rotatable bonds is 11. The number of carbonyl (C=O) groups excluding carboxylic acids is 2. The van der Waals surface area contributed by atoms with Crippen molar-refractivity contribution in [2.24, 2.45) is 0 Å². The number of Topliss-reactive ketones (excluding diaryl/α,β-unsaturated/α-hetero) is 2. The molecule has 1 fully saturated rings. The fourth-order valence-electron chi connectivity index (χ4n) is 4.97. The Kier molecular flexibility index (Phi) is 8.63. The van der Waals surface area contributed by atoms with E-state index in [4.69, 9.17) is 0 Å². The van der Waals surface area contributed by atoms with Gasteiger partial charge in [-0.2, -0.15) is 0 Å². The zero-order valence-corrected chi connectivity index (χ0v) is 19.4. The van der Waals surface area contributed by atoms with Gasteiger partial charge in [-0.25, -0.2) is 0 Å². The molecule has 0 radical (unpaired) electrons. The largest absolute Gasteiger partial charge is 0.299 e. The van der Waals surface area contributed by atoms with Crippen molar-refractivity contribution in [3.63, 3.8) is 0 Å². The Hall–Kier alpha value is -2.22. The number of carbonyl (C=O) groups is 2. The van der Waals surface area contributed by atoms with Crippen LogP contribution in [0.1, 0.15) is 107 Å². The molecule has 2 heteroatoms. The van der Waals surface area contributed by atoms with Crippen molar-refractivity contribution in [2.45, 2.75) is 96.3 Å². The lowest BCUT2D eigenvalue weighted by Crippen LogP contribution is -2.37. The summed E-state index contributed by atoms with van der Waals surface area (Å²) in [6.07, 6.45) is 12.1. The summed E-state index contributed by atoms with van der Waals surface area (Å²) in [6.45, 7) is 4.31. The smallest absolute Gasteiger partial charge is 0.162 e. The molecule has 0 bridgehead atoms. The van der Waals surface area contributed by atoms with E-state index in [1.165, 1.54) is 12.0 Å². The molecule has 2 aromatic rings. The first-order valence-corrected chi connectivity index (χ1v) is 12.4. The molecule has 0 saturated heterocycles. The van der Waals surface area contributed by atoms with Crippen molar-refractivity contribution in [3.8, 4) is 11.1 Å². The summed E-state index contributed by atoms with van der Waals surface area (Å²) in [7, 11) is 0. The zero-order valence-electron chi connectivity index (χ0n) is 19.4. The fraction of sp³-hybridized carbons (Fsp3) is 0.517. The van der Waals surface area contributed by atoms with Gasteiger partial charge < -0.3 is 0 Å². The first-order valence-electron chi connectivity index (χ1n) is 12.4. The second kappa shape index (κ2) is 11.4. The number of hydrogen-bond donors (Lipinski definition) is 0. The van der Waals surface area contributed by atoms with Crippen molar-refractivity contribution in [2.75, 3.05) is 0 Å². The molecule has 1 aliphatic rings. The maximum Gasteiger partial charge on any atom is 0.162 e. The van der Waals surface area contributed by atoms with Crippen LogP contribution in [0.15, 0.2) is 48.5 Å². The van der Waals surface area contributed by atoms with Gasteiger partial charge in [-0.15, -0.1) is 0 Å². The van der Waals surface area contributed by atoms with Crippen LogP contribution < -0.4 is 0 Å². The highest BCUT2D eigenvalue weighted by Gasteiger charge is 2.39. The summed E-state index contributed by atoms with van der Waals surface area (Å²) in [6, 6.07) is 16.6. The second-order valence-corrected chi connectivity index (χ2v) is 9.20. The van der Waals surface area contributed by atoms with Crippen LogP contribution in [0.2, 0.25) is 0 Å². The quantitative estimate of drug-likeness (QED) is 0.273. The van der Waals surface area contributed by atoms with Gasteiger partial charge in [0.2, 0.25) is 0 Å². The molecule has 0 atom stereocenters. The predicted octanol–water partition coefficient (Wildman–Crippen LogP) is 8.08. The SMILES string of the molecule is CCCCCC(=O)c1ccc(-c2ccc(C3(C(=O)CCCC)CCCCC3)cc2)cc1. The predicted molar refractivity (Wildman–Crippen MR) is 130 cm³/mol. The highest BCUT2D eigenvalue weighted by Crippen LogP contribution is 2.42. The molecule has 0 N–H and O–H groups in total. The number of benzene rings is 2. The van der Waals surface area contributed by atoms with Gasteiger partial charge in [0, 0.05) is 18.4 Å². The third-order valence-electron chi connectivity index (χ3n) is 6.98. The number of unbranched alkanes of at least 4 members (excludes halogenated alkanes) is 3. The Morgan fingerprint density at radius 3 is 1.87 bits per heavy atom. The van der Waals surface area contributed by atoms with Crippen LogP contribution in [-0.4, -0.2) is 11.6 Å². The Morgan fingerprint density at radius 1 is 0.710 bits per heavy atom. The van der Waals surface area contributed by atoms with Gasteiger partial charge >= 0.3 is 0 Å². The van der Waals surface area contributed by atoms with Gasteiger partial charge in [-0.05, 0) is 42.4 Å². The topological polar surface area (TPSA) is 34.1 Å². The zero-order chi connectivity index (χ0) is 22.1. The Bertz CT molecular complexity index is 839. The van der Waals surface area contributed by atoms with Gasteiger partial charge in [0.1, 0.15) is 5.78 Å². The summed E-state index contributed by atoms with van der Waals surface area (Å²) in [5, 5.41) is 0. The van der Waals surface area contributed by atoms with E-state index >= 15 is 0 Å². The van der Waals surface area contributed by atoms with Gasteiger partial charge in [0.05, 0.1) is 5.41 Å². The summed E-state index contributed by atoms with van der Waals surface area (Å²) in [5.41, 5.74) is 3.98. The second-order valence-electron chi connectivity index (χ2n) is 9.20. The van der Waals surface area contributed by atoms with Gasteiger partial charge in [-0.3, -0.25) is 9.59 Å². The van der Waals surface area contributed by atoms with Crippen LogP contribution in [0.4, 0.5) is 0 Å². The molecule has 0 unspecified atom stereocenters. The number of hydrogen-bond acceptors (Lipinski definition) is 2. The lowest BCUT2D eigenvalue weighted by molar-refractivity contribution is -0.126. The van der Waals surface area contributed by atoms with E-state index in [0.29, 0.717) is 18.6 Å². The Balaban J connectivity index is 1.75. The minimum atomic E-state index is -0.277. The maximum absolute atomic E-state index is 13.2. The summed E-state index contributed by atoms with van der Waals surface area (Å²) in [5.74, 6) is 0.674. The summed E-state index contributed by atoms with van der Waals surface area (Å²) < 4.78 is 0. The normalized spacial score (nSPS) is 15.5. The third kappa shape index (κ3) is 5.73. The molecule has 166 valence electrons. The highest BCUT2D eigenvalue weighted by atomic mass is 16.1. The average molecular weight is 419 g/mol. The summed E-state index contributed by atoms with van der Waals surface area (Å²) in [4.78, 5) is 25.5. The average Bonchev–Trinajstić information content (AvgIpc) is 2.83. The van der Waals surface area contributed by atoms with Crippen LogP contribution in [0.25, 0.3) is 11.1 Å². The van der Waals surface area contributed by atoms with Crippen LogP contribution in [0, 0.1) is 0 Å². The third-order valence-corrected chi connectivity index (χ3v) is 6.98. The Morgan fingerprint density at radius 2 is 1.29 bits per heavy atom. The van der Waals surface area contributed by atoms with Crippen molar-refractivity contribution in [1.29, 1.82) is 0 Å². The van der Waals surface area contributed by atoms with E-state index in [1.54, 1.807) is 0 Å². The molecule has 0 amide bonds. The molecule has 3 rings (SSSR count). The van der Waals surface area contributed by atoms with E-state index < -0.39 is 0 Å². The van der Waals surface area contributed by atoms with E-state index in [-0.39, 0.29) is 11.2 Å².